The van der Waals surface area contributed by atoms with Gasteiger partial charge in [-0.15, -0.1) is 5.11 Å². The molecule has 14 heteroatoms. The first-order valence-electron chi connectivity index (χ1n) is 22.5. The Morgan fingerprint density at radius 2 is 1.20 bits per heavy atom. The van der Waals surface area contributed by atoms with Crippen molar-refractivity contribution in [3.8, 4) is 23.1 Å². The largest absolute Gasteiger partial charge is 0.494 e. The predicted molar refractivity (Wildman–Crippen MR) is 268 cm³/mol. The van der Waals surface area contributed by atoms with Gasteiger partial charge in [0.05, 0.1) is 32.1 Å². The lowest BCUT2D eigenvalue weighted by atomic mass is 10.0. The lowest BCUT2D eigenvalue weighted by Gasteiger charge is -2.12. The summed E-state index contributed by atoms with van der Waals surface area (Å²) < 4.78 is 2.53. The number of aryl methyl sites for hydroxylation is 2. The first-order valence-corrected chi connectivity index (χ1v) is 24.8. The van der Waals surface area contributed by atoms with E-state index in [0.717, 1.165) is 33.7 Å². The Hall–Kier alpha value is -4.32. The monoisotopic (exact) mass is 962 g/mol. The molecule has 340 valence electrons. The summed E-state index contributed by atoms with van der Waals surface area (Å²) in [7, 11) is 0. The molecule has 0 saturated heterocycles. The standard InChI is InChI=1S/C50H58Cl4N6O3S/c1-3-4-5-6-7-8-9-10-11-12-13-14-15-16-17-18-19-35-30-45(61)59(49(35)62)38-24-29-41(52)44(33-38)55-48-46(50(63)60(58-48)47-42(53)31-36(51)32-43(47)54)57-56-37-22-27-40(28-23-37)64-39-25-20-34(2)21-26-39/h20-33,55,58,61-62H,3-19H2,1-2H3. The third kappa shape index (κ3) is 13.8. The van der Waals surface area contributed by atoms with Gasteiger partial charge in [0, 0.05) is 26.4 Å². The molecule has 2 heterocycles. The Morgan fingerprint density at radius 3 is 1.78 bits per heavy atom. The number of unbranched alkanes of at least 4 members (excludes halogenated alkanes) is 15. The highest BCUT2D eigenvalue weighted by molar-refractivity contribution is 7.99. The van der Waals surface area contributed by atoms with Gasteiger partial charge in [-0.05, 0) is 86.5 Å². The van der Waals surface area contributed by atoms with Crippen molar-refractivity contribution in [1.82, 2.24) is 14.3 Å². The summed E-state index contributed by atoms with van der Waals surface area (Å²) >= 11 is 27.7. The van der Waals surface area contributed by atoms with Crippen LogP contribution in [0.4, 0.5) is 22.9 Å². The molecule has 0 spiro atoms. The Labute approximate surface area is 401 Å². The third-order valence-corrected chi connectivity index (χ3v) is 13.4. The predicted octanol–water partition coefficient (Wildman–Crippen LogP) is 17.4. The zero-order valence-electron chi connectivity index (χ0n) is 36.6. The number of aromatic amines is 1. The van der Waals surface area contributed by atoms with E-state index in [4.69, 9.17) is 46.4 Å². The quantitative estimate of drug-likeness (QED) is 0.0336. The summed E-state index contributed by atoms with van der Waals surface area (Å²) in [5, 5.41) is 38.2. The van der Waals surface area contributed by atoms with Crippen LogP contribution in [0.1, 0.15) is 121 Å². The molecule has 0 saturated carbocycles. The highest BCUT2D eigenvalue weighted by Crippen LogP contribution is 2.38. The number of nitrogens with zero attached hydrogens (tertiary/aromatic N) is 4. The minimum Gasteiger partial charge on any atom is -0.494 e. The molecule has 0 bridgehead atoms. The topological polar surface area (TPSA) is 120 Å². The average Bonchev–Trinajstić information content (AvgIpc) is 3.73. The number of H-pyrrole nitrogens is 1. The Balaban J connectivity index is 1.11. The van der Waals surface area contributed by atoms with Crippen molar-refractivity contribution in [3.05, 3.63) is 127 Å². The van der Waals surface area contributed by atoms with Crippen molar-refractivity contribution >= 4 is 81.0 Å². The van der Waals surface area contributed by atoms with Crippen molar-refractivity contribution in [2.75, 3.05) is 5.32 Å². The smallest absolute Gasteiger partial charge is 0.301 e. The van der Waals surface area contributed by atoms with E-state index in [2.05, 4.69) is 58.8 Å². The Bertz CT molecular complexity index is 2490. The van der Waals surface area contributed by atoms with E-state index in [1.165, 1.54) is 106 Å². The number of aromatic hydroxyl groups is 2. The van der Waals surface area contributed by atoms with Crippen LogP contribution in [0.25, 0.3) is 11.4 Å². The molecule has 0 amide bonds. The van der Waals surface area contributed by atoms with Crippen LogP contribution in [-0.4, -0.2) is 24.6 Å². The maximum absolute atomic E-state index is 14.1. The first-order chi connectivity index (χ1) is 31.0. The highest BCUT2D eigenvalue weighted by Gasteiger charge is 2.22. The van der Waals surface area contributed by atoms with Gasteiger partial charge in [-0.25, -0.2) is 4.68 Å². The molecule has 6 aromatic rings. The van der Waals surface area contributed by atoms with Gasteiger partial charge in [0.2, 0.25) is 5.88 Å². The summed E-state index contributed by atoms with van der Waals surface area (Å²) in [6.45, 7) is 4.32. The van der Waals surface area contributed by atoms with E-state index in [1.807, 2.05) is 24.3 Å². The molecule has 4 aromatic carbocycles. The number of benzene rings is 4. The third-order valence-electron chi connectivity index (χ3n) is 11.2. The molecule has 64 heavy (non-hydrogen) atoms. The van der Waals surface area contributed by atoms with Crippen molar-refractivity contribution in [3.63, 3.8) is 0 Å². The lowest BCUT2D eigenvalue weighted by molar-refractivity contribution is 0.400. The van der Waals surface area contributed by atoms with Crippen molar-refractivity contribution < 1.29 is 10.2 Å². The van der Waals surface area contributed by atoms with Gasteiger partial charge in [-0.2, -0.15) is 5.11 Å². The molecule has 6 rings (SSSR count). The first kappa shape index (κ1) is 49.1. The zero-order valence-corrected chi connectivity index (χ0v) is 40.5. The minimum atomic E-state index is -0.601. The molecule has 0 radical (unpaired) electrons. The van der Waals surface area contributed by atoms with Gasteiger partial charge in [-0.3, -0.25) is 14.5 Å². The Morgan fingerprint density at radius 1 is 0.656 bits per heavy atom. The van der Waals surface area contributed by atoms with E-state index in [0.29, 0.717) is 39.1 Å². The van der Waals surface area contributed by atoms with Crippen LogP contribution in [-0.2, 0) is 6.42 Å². The fraction of sp³-hybridized carbons (Fsp3) is 0.380. The summed E-state index contributed by atoms with van der Waals surface area (Å²) in [5.41, 5.74) is 2.64. The van der Waals surface area contributed by atoms with Crippen molar-refractivity contribution in [2.24, 2.45) is 10.2 Å². The van der Waals surface area contributed by atoms with Gasteiger partial charge in [0.1, 0.15) is 5.69 Å². The second kappa shape index (κ2) is 24.8. The number of rotatable bonds is 25. The van der Waals surface area contributed by atoms with Crippen LogP contribution in [0.5, 0.6) is 11.8 Å². The maximum atomic E-state index is 14.1. The number of halogens is 4. The zero-order chi connectivity index (χ0) is 45.4. The van der Waals surface area contributed by atoms with Gasteiger partial charge in [-0.1, -0.05) is 179 Å². The number of aromatic nitrogens is 3. The van der Waals surface area contributed by atoms with Crippen LogP contribution >= 0.6 is 58.2 Å². The van der Waals surface area contributed by atoms with E-state index in [9.17, 15) is 15.0 Å². The lowest BCUT2D eigenvalue weighted by Crippen LogP contribution is -2.15. The maximum Gasteiger partial charge on any atom is 0.301 e. The van der Waals surface area contributed by atoms with E-state index >= 15 is 0 Å². The molecule has 0 unspecified atom stereocenters. The van der Waals surface area contributed by atoms with E-state index in [-0.39, 0.29) is 39.0 Å². The second-order valence-corrected chi connectivity index (χ2v) is 19.1. The molecule has 0 fully saturated rings. The summed E-state index contributed by atoms with van der Waals surface area (Å²) in [6, 6.07) is 25.3. The number of hydrogen-bond acceptors (Lipinski definition) is 7. The molecule has 4 N–H and O–H groups in total. The van der Waals surface area contributed by atoms with E-state index < -0.39 is 5.56 Å². The molecule has 0 aliphatic heterocycles. The highest BCUT2D eigenvalue weighted by atomic mass is 35.5. The summed E-state index contributed by atoms with van der Waals surface area (Å²) in [5.74, 6) is -0.0238. The van der Waals surface area contributed by atoms with Crippen molar-refractivity contribution in [1.29, 1.82) is 0 Å². The molecule has 0 aliphatic rings. The average molecular weight is 965 g/mol. The molecular formula is C50H58Cl4N6O3S. The van der Waals surface area contributed by atoms with Gasteiger partial charge in [0.15, 0.2) is 17.4 Å². The van der Waals surface area contributed by atoms with Crippen LogP contribution in [0.2, 0.25) is 20.1 Å². The minimum absolute atomic E-state index is 0.0453. The van der Waals surface area contributed by atoms with Crippen LogP contribution < -0.4 is 10.9 Å². The van der Waals surface area contributed by atoms with E-state index in [1.54, 1.807) is 36.0 Å². The molecule has 9 nitrogen and oxygen atoms in total. The molecule has 0 atom stereocenters. The number of anilines is 2. The Kier molecular flexibility index (Phi) is 19.1. The van der Waals surface area contributed by atoms with Crippen LogP contribution in [0, 0.1) is 6.92 Å². The number of hydrogen-bond donors (Lipinski definition) is 4. The normalized spacial score (nSPS) is 11.6. The van der Waals surface area contributed by atoms with Gasteiger partial charge < -0.3 is 15.5 Å². The summed E-state index contributed by atoms with van der Waals surface area (Å²) in [6.07, 6.45) is 21.2. The van der Waals surface area contributed by atoms with Gasteiger partial charge in [0.25, 0.3) is 0 Å². The molecule has 0 aliphatic carbocycles. The number of nitrogens with one attached hydrogen (secondary N) is 2. The fourth-order valence-electron chi connectivity index (χ4n) is 7.67. The second-order valence-electron chi connectivity index (χ2n) is 16.3. The van der Waals surface area contributed by atoms with Crippen molar-refractivity contribution in [2.45, 2.75) is 133 Å². The fourth-order valence-corrected chi connectivity index (χ4v) is 9.63. The van der Waals surface area contributed by atoms with Gasteiger partial charge >= 0.3 is 5.56 Å². The summed E-state index contributed by atoms with van der Waals surface area (Å²) in [4.78, 5) is 16.2. The SMILES string of the molecule is CCCCCCCCCCCCCCCCCCc1cc(O)n(-c2ccc(Cl)c(Nc3[nH]n(-c4c(Cl)cc(Cl)cc4Cl)c(=O)c3N=Nc3ccc(Sc4ccc(C)cc4)cc3)c2)c1O. The van der Waals surface area contributed by atoms with Crippen LogP contribution in [0.15, 0.2) is 110 Å². The molecule has 2 aromatic heterocycles. The molecular weight excluding hydrogens is 906 g/mol. The van der Waals surface area contributed by atoms with Crippen LogP contribution in [0.3, 0.4) is 0 Å². The number of azo groups is 1.